The molecule has 0 spiro atoms. The van der Waals surface area contributed by atoms with Crippen molar-refractivity contribution in [3.05, 3.63) is 47.2 Å². The molecule has 0 amide bonds. The molecule has 20 heavy (non-hydrogen) atoms. The number of fused-ring (bicyclic) bond motifs is 1. The van der Waals surface area contributed by atoms with Gasteiger partial charge in [-0.15, -0.1) is 0 Å². The van der Waals surface area contributed by atoms with Crippen molar-refractivity contribution in [2.75, 3.05) is 12.8 Å². The number of benzene rings is 2. The zero-order valence-corrected chi connectivity index (χ0v) is 11.4. The molecular weight excluding hydrogens is 281 g/mol. The van der Waals surface area contributed by atoms with E-state index >= 15 is 0 Å². The van der Waals surface area contributed by atoms with Crippen molar-refractivity contribution in [1.29, 1.82) is 0 Å². The van der Waals surface area contributed by atoms with Crippen molar-refractivity contribution in [2.24, 2.45) is 0 Å². The van der Waals surface area contributed by atoms with E-state index in [1.165, 1.54) is 12.1 Å². The first-order chi connectivity index (χ1) is 9.58. The van der Waals surface area contributed by atoms with Gasteiger partial charge in [0.05, 0.1) is 23.8 Å². The van der Waals surface area contributed by atoms with Crippen LogP contribution in [0.25, 0.3) is 16.7 Å². The number of anilines is 1. The number of nitrogens with two attached hydrogens (primary N) is 1. The molecule has 1 heterocycles. The topological polar surface area (TPSA) is 53.1 Å². The number of imidazole rings is 1. The molecule has 0 aliphatic rings. The second kappa shape index (κ2) is 4.68. The number of rotatable bonds is 2. The number of halogens is 2. The Labute approximate surface area is 119 Å². The number of ether oxygens (including phenoxy) is 1. The zero-order valence-electron chi connectivity index (χ0n) is 10.6. The minimum Gasteiger partial charge on any atom is -0.497 e. The number of hydrogen-bond donors (Lipinski definition) is 1. The maximum Gasteiger partial charge on any atom is 0.205 e. The molecule has 0 atom stereocenters. The Bertz CT molecular complexity index is 780. The first kappa shape index (κ1) is 12.7. The summed E-state index contributed by atoms with van der Waals surface area (Å²) < 4.78 is 20.3. The summed E-state index contributed by atoms with van der Waals surface area (Å²) in [5.74, 6) is 0.493. The van der Waals surface area contributed by atoms with E-state index in [2.05, 4.69) is 4.98 Å². The fourth-order valence-corrected chi connectivity index (χ4v) is 2.36. The summed E-state index contributed by atoms with van der Waals surface area (Å²) in [4.78, 5) is 4.24. The molecule has 2 aromatic carbocycles. The highest BCUT2D eigenvalue weighted by atomic mass is 35.5. The lowest BCUT2D eigenvalue weighted by atomic mass is 10.2. The quantitative estimate of drug-likeness (QED) is 0.787. The minimum absolute atomic E-state index is 0.259. The van der Waals surface area contributed by atoms with Crippen LogP contribution in [0.4, 0.5) is 10.3 Å². The average Bonchev–Trinajstić information content (AvgIpc) is 2.72. The number of nitrogens with zero attached hydrogens (tertiary/aromatic N) is 2. The molecule has 6 heteroatoms. The molecule has 0 aliphatic carbocycles. The van der Waals surface area contributed by atoms with Crippen molar-refractivity contribution < 1.29 is 9.13 Å². The second-order valence-corrected chi connectivity index (χ2v) is 4.72. The molecule has 0 fully saturated rings. The normalized spacial score (nSPS) is 10.9. The molecule has 3 rings (SSSR count). The molecule has 2 N–H and O–H groups in total. The van der Waals surface area contributed by atoms with E-state index in [0.717, 1.165) is 5.52 Å². The summed E-state index contributed by atoms with van der Waals surface area (Å²) in [5.41, 5.74) is 7.86. The molecule has 1 aromatic heterocycles. The van der Waals surface area contributed by atoms with Crippen molar-refractivity contribution >= 4 is 28.6 Å². The smallest absolute Gasteiger partial charge is 0.205 e. The van der Waals surface area contributed by atoms with Crippen molar-refractivity contribution in [3.8, 4) is 11.4 Å². The maximum absolute atomic E-state index is 13.5. The van der Waals surface area contributed by atoms with E-state index < -0.39 is 5.82 Å². The van der Waals surface area contributed by atoms with Crippen LogP contribution in [0.15, 0.2) is 36.4 Å². The predicted octanol–water partition coefficient (Wildman–Crippen LogP) is 3.41. The van der Waals surface area contributed by atoms with Crippen LogP contribution in [0.2, 0.25) is 5.02 Å². The Morgan fingerprint density at radius 1 is 1.25 bits per heavy atom. The van der Waals surface area contributed by atoms with Gasteiger partial charge in [0.15, 0.2) is 0 Å². The van der Waals surface area contributed by atoms with E-state index in [9.17, 15) is 4.39 Å². The monoisotopic (exact) mass is 291 g/mol. The van der Waals surface area contributed by atoms with Crippen LogP contribution in [-0.2, 0) is 0 Å². The Morgan fingerprint density at radius 2 is 2.05 bits per heavy atom. The van der Waals surface area contributed by atoms with Crippen molar-refractivity contribution in [3.63, 3.8) is 0 Å². The minimum atomic E-state index is -0.434. The fourth-order valence-electron chi connectivity index (χ4n) is 2.14. The third-order valence-corrected chi connectivity index (χ3v) is 3.21. The Hall–Kier alpha value is -2.27. The average molecular weight is 292 g/mol. The summed E-state index contributed by atoms with van der Waals surface area (Å²) in [5, 5.41) is 0.296. The van der Waals surface area contributed by atoms with Gasteiger partial charge in [0.25, 0.3) is 0 Å². The van der Waals surface area contributed by atoms with E-state index in [1.807, 2.05) is 0 Å². The molecule has 0 radical (unpaired) electrons. The SMILES string of the molecule is COc1ccc2nc(N)n(-c3cc(F)cc(Cl)c3)c2c1. The van der Waals surface area contributed by atoms with E-state index in [1.54, 1.807) is 35.9 Å². The molecule has 0 saturated heterocycles. The van der Waals surface area contributed by atoms with Gasteiger partial charge in [-0.1, -0.05) is 11.6 Å². The number of methoxy groups -OCH3 is 1. The van der Waals surface area contributed by atoms with Crippen LogP contribution in [0, 0.1) is 5.82 Å². The molecule has 0 saturated carbocycles. The van der Waals surface area contributed by atoms with E-state index in [4.69, 9.17) is 22.1 Å². The van der Waals surface area contributed by atoms with Crippen LogP contribution in [0.3, 0.4) is 0 Å². The molecule has 102 valence electrons. The van der Waals surface area contributed by atoms with E-state index in [0.29, 0.717) is 22.0 Å². The van der Waals surface area contributed by atoms with Gasteiger partial charge >= 0.3 is 0 Å². The summed E-state index contributed by atoms with van der Waals surface area (Å²) in [6, 6.07) is 9.59. The van der Waals surface area contributed by atoms with Gasteiger partial charge in [0.1, 0.15) is 11.6 Å². The summed E-state index contributed by atoms with van der Waals surface area (Å²) in [6.07, 6.45) is 0. The lowest BCUT2D eigenvalue weighted by molar-refractivity contribution is 0.415. The van der Waals surface area contributed by atoms with Gasteiger partial charge in [-0.3, -0.25) is 4.57 Å². The third-order valence-electron chi connectivity index (χ3n) is 2.99. The number of hydrogen-bond acceptors (Lipinski definition) is 3. The molecular formula is C14H11ClFN3O. The van der Waals surface area contributed by atoms with Gasteiger partial charge in [-0.05, 0) is 30.3 Å². The highest BCUT2D eigenvalue weighted by Gasteiger charge is 2.12. The van der Waals surface area contributed by atoms with Crippen LogP contribution in [0.1, 0.15) is 0 Å². The highest BCUT2D eigenvalue weighted by Crippen LogP contribution is 2.28. The third kappa shape index (κ3) is 2.06. The van der Waals surface area contributed by atoms with Gasteiger partial charge in [0.2, 0.25) is 5.95 Å². The lowest BCUT2D eigenvalue weighted by Gasteiger charge is -2.08. The summed E-state index contributed by atoms with van der Waals surface area (Å²) in [7, 11) is 1.57. The molecule has 4 nitrogen and oxygen atoms in total. The number of aromatic nitrogens is 2. The molecule has 0 unspecified atom stereocenters. The van der Waals surface area contributed by atoms with E-state index in [-0.39, 0.29) is 5.95 Å². The van der Waals surface area contributed by atoms with Gasteiger partial charge < -0.3 is 10.5 Å². The van der Waals surface area contributed by atoms with Crippen molar-refractivity contribution in [2.45, 2.75) is 0 Å². The fraction of sp³-hybridized carbons (Fsp3) is 0.0714. The molecule has 0 aliphatic heterocycles. The highest BCUT2D eigenvalue weighted by molar-refractivity contribution is 6.30. The second-order valence-electron chi connectivity index (χ2n) is 4.29. The number of nitrogen functional groups attached to an aromatic ring is 1. The van der Waals surface area contributed by atoms with Crippen LogP contribution >= 0.6 is 11.6 Å². The standard InChI is InChI=1S/C14H11ClFN3O/c1-20-11-2-3-12-13(7-11)19(14(17)18-12)10-5-8(15)4-9(16)6-10/h2-7H,1H3,(H2,17,18). The van der Waals surface area contributed by atoms with Crippen LogP contribution < -0.4 is 10.5 Å². The predicted molar refractivity (Wildman–Crippen MR) is 77.0 cm³/mol. The maximum atomic E-state index is 13.5. The largest absolute Gasteiger partial charge is 0.497 e. The molecule has 3 aromatic rings. The summed E-state index contributed by atoms with van der Waals surface area (Å²) in [6.45, 7) is 0. The molecule has 0 bridgehead atoms. The van der Waals surface area contributed by atoms with Crippen molar-refractivity contribution in [1.82, 2.24) is 9.55 Å². The van der Waals surface area contributed by atoms with Gasteiger partial charge in [-0.2, -0.15) is 0 Å². The Kier molecular flexibility index (Phi) is 2.99. The first-order valence-corrected chi connectivity index (χ1v) is 6.25. The van der Waals surface area contributed by atoms with Crippen LogP contribution in [-0.4, -0.2) is 16.7 Å². The van der Waals surface area contributed by atoms with Crippen LogP contribution in [0.5, 0.6) is 5.75 Å². The van der Waals surface area contributed by atoms with Gasteiger partial charge in [0, 0.05) is 11.1 Å². The first-order valence-electron chi connectivity index (χ1n) is 5.87. The zero-order chi connectivity index (χ0) is 14.3. The van der Waals surface area contributed by atoms with Gasteiger partial charge in [-0.25, -0.2) is 9.37 Å². The Balaban J connectivity index is 2.31. The Morgan fingerprint density at radius 3 is 2.75 bits per heavy atom. The summed E-state index contributed by atoms with van der Waals surface area (Å²) >= 11 is 5.89. The lowest BCUT2D eigenvalue weighted by Crippen LogP contribution is -2.01.